The molecule has 0 saturated carbocycles. The average molecular weight is 261 g/mol. The van der Waals surface area contributed by atoms with E-state index in [4.69, 9.17) is 0 Å². The summed E-state index contributed by atoms with van der Waals surface area (Å²) in [6.07, 6.45) is 0. The number of nitrogens with zero attached hydrogens (tertiary/aromatic N) is 2. The number of benzene rings is 1. The molecular weight excluding hydrogens is 238 g/mol. The topological polar surface area (TPSA) is 35.6 Å². The Labute approximate surface area is 115 Å². The van der Waals surface area contributed by atoms with Crippen LogP contribution in [0, 0.1) is 6.92 Å². The van der Waals surface area contributed by atoms with Crippen molar-refractivity contribution in [3.05, 3.63) is 29.3 Å². The summed E-state index contributed by atoms with van der Waals surface area (Å²) in [5.74, 6) is 0.196. The Morgan fingerprint density at radius 1 is 1.32 bits per heavy atom. The minimum Gasteiger partial charge on any atom is -0.360 e. The molecule has 1 amide bonds. The standard InChI is InChI=1S/C15H23N3O/c1-4-16-10-13-9-12(2)5-6-14(13)18-8-7-17(3)15(19)11-18/h5-6,9,16H,4,7-8,10-11H2,1-3H3. The van der Waals surface area contributed by atoms with Crippen molar-refractivity contribution in [1.82, 2.24) is 10.2 Å². The molecule has 4 nitrogen and oxygen atoms in total. The third-order valence-corrected chi connectivity index (χ3v) is 3.60. The van der Waals surface area contributed by atoms with Gasteiger partial charge in [-0.1, -0.05) is 24.6 Å². The molecule has 1 aliphatic heterocycles. The van der Waals surface area contributed by atoms with E-state index in [1.54, 1.807) is 4.90 Å². The zero-order chi connectivity index (χ0) is 13.8. The maximum Gasteiger partial charge on any atom is 0.241 e. The van der Waals surface area contributed by atoms with Crippen molar-refractivity contribution in [3.8, 4) is 0 Å². The third-order valence-electron chi connectivity index (χ3n) is 3.60. The van der Waals surface area contributed by atoms with Crippen molar-refractivity contribution in [2.24, 2.45) is 0 Å². The predicted molar refractivity (Wildman–Crippen MR) is 78.4 cm³/mol. The van der Waals surface area contributed by atoms with E-state index in [0.29, 0.717) is 6.54 Å². The van der Waals surface area contributed by atoms with Gasteiger partial charge in [0.25, 0.3) is 0 Å². The first-order valence-corrected chi connectivity index (χ1v) is 6.91. The van der Waals surface area contributed by atoms with Crippen LogP contribution in [0.25, 0.3) is 0 Å². The van der Waals surface area contributed by atoms with E-state index in [1.165, 1.54) is 16.8 Å². The van der Waals surface area contributed by atoms with Gasteiger partial charge in [-0.3, -0.25) is 4.79 Å². The van der Waals surface area contributed by atoms with Gasteiger partial charge in [0, 0.05) is 32.4 Å². The summed E-state index contributed by atoms with van der Waals surface area (Å²) in [4.78, 5) is 15.8. The van der Waals surface area contributed by atoms with E-state index in [0.717, 1.165) is 26.2 Å². The average Bonchev–Trinajstić information content (AvgIpc) is 2.40. The van der Waals surface area contributed by atoms with Gasteiger partial charge in [-0.15, -0.1) is 0 Å². The number of likely N-dealkylation sites (N-methyl/N-ethyl adjacent to an activating group) is 1. The molecule has 0 aliphatic carbocycles. The number of piperazine rings is 1. The summed E-state index contributed by atoms with van der Waals surface area (Å²) < 4.78 is 0. The fraction of sp³-hybridized carbons (Fsp3) is 0.533. The molecule has 0 atom stereocenters. The van der Waals surface area contributed by atoms with Gasteiger partial charge in [0.05, 0.1) is 6.54 Å². The van der Waals surface area contributed by atoms with Gasteiger partial charge in [-0.2, -0.15) is 0 Å². The van der Waals surface area contributed by atoms with E-state index in [2.05, 4.69) is 42.3 Å². The molecule has 1 N–H and O–H groups in total. The molecule has 0 aromatic heterocycles. The Bertz CT molecular complexity index is 459. The number of nitrogens with one attached hydrogen (secondary N) is 1. The molecule has 0 radical (unpaired) electrons. The Morgan fingerprint density at radius 2 is 2.11 bits per heavy atom. The van der Waals surface area contributed by atoms with Crippen LogP contribution >= 0.6 is 0 Å². The summed E-state index contributed by atoms with van der Waals surface area (Å²) in [6, 6.07) is 6.47. The molecule has 104 valence electrons. The summed E-state index contributed by atoms with van der Waals surface area (Å²) in [5.41, 5.74) is 3.73. The van der Waals surface area contributed by atoms with Crippen molar-refractivity contribution in [2.45, 2.75) is 20.4 Å². The summed E-state index contributed by atoms with van der Waals surface area (Å²) >= 11 is 0. The van der Waals surface area contributed by atoms with Crippen molar-refractivity contribution < 1.29 is 4.79 Å². The van der Waals surface area contributed by atoms with Gasteiger partial charge >= 0.3 is 0 Å². The first-order valence-electron chi connectivity index (χ1n) is 6.91. The van der Waals surface area contributed by atoms with Gasteiger partial charge in [-0.25, -0.2) is 0 Å². The fourth-order valence-electron chi connectivity index (χ4n) is 2.39. The van der Waals surface area contributed by atoms with Gasteiger partial charge < -0.3 is 15.1 Å². The molecule has 0 bridgehead atoms. The molecule has 1 aromatic carbocycles. The molecule has 19 heavy (non-hydrogen) atoms. The predicted octanol–water partition coefficient (Wildman–Crippen LogP) is 1.38. The summed E-state index contributed by atoms with van der Waals surface area (Å²) in [7, 11) is 1.87. The summed E-state index contributed by atoms with van der Waals surface area (Å²) in [6.45, 7) is 8.21. The number of amides is 1. The molecule has 0 spiro atoms. The smallest absolute Gasteiger partial charge is 0.241 e. The Hall–Kier alpha value is -1.55. The minimum absolute atomic E-state index is 0.196. The van der Waals surface area contributed by atoms with Crippen molar-refractivity contribution in [2.75, 3.05) is 38.1 Å². The van der Waals surface area contributed by atoms with E-state index >= 15 is 0 Å². The number of anilines is 1. The maximum absolute atomic E-state index is 11.8. The molecule has 0 unspecified atom stereocenters. The van der Waals surface area contributed by atoms with Crippen LogP contribution in [0.5, 0.6) is 0 Å². The lowest BCUT2D eigenvalue weighted by molar-refractivity contribution is -0.129. The fourth-order valence-corrected chi connectivity index (χ4v) is 2.39. The lowest BCUT2D eigenvalue weighted by Gasteiger charge is -2.34. The quantitative estimate of drug-likeness (QED) is 0.889. The SMILES string of the molecule is CCNCc1cc(C)ccc1N1CCN(C)C(=O)C1. The second kappa shape index (κ2) is 6.06. The van der Waals surface area contributed by atoms with Crippen LogP contribution in [0.2, 0.25) is 0 Å². The number of hydrogen-bond donors (Lipinski definition) is 1. The van der Waals surface area contributed by atoms with Crippen molar-refractivity contribution in [1.29, 1.82) is 0 Å². The van der Waals surface area contributed by atoms with Crippen molar-refractivity contribution in [3.63, 3.8) is 0 Å². The maximum atomic E-state index is 11.8. The molecule has 1 aromatic rings. The zero-order valence-electron chi connectivity index (χ0n) is 12.1. The lowest BCUT2D eigenvalue weighted by atomic mass is 10.1. The number of carbonyl (C=O) groups excluding carboxylic acids is 1. The normalized spacial score (nSPS) is 16.1. The minimum atomic E-state index is 0.196. The molecule has 1 saturated heterocycles. The third kappa shape index (κ3) is 3.26. The van der Waals surface area contributed by atoms with Crippen LogP contribution in [-0.2, 0) is 11.3 Å². The van der Waals surface area contributed by atoms with E-state index < -0.39 is 0 Å². The molecule has 1 aliphatic rings. The number of carbonyl (C=O) groups is 1. The van der Waals surface area contributed by atoms with Crippen LogP contribution in [0.4, 0.5) is 5.69 Å². The molecule has 2 rings (SSSR count). The van der Waals surface area contributed by atoms with Crippen LogP contribution in [-0.4, -0.2) is 44.0 Å². The first kappa shape index (κ1) is 13.9. The molecule has 1 heterocycles. The number of aryl methyl sites for hydroxylation is 1. The Kier molecular flexibility index (Phi) is 4.43. The van der Waals surface area contributed by atoms with Gasteiger partial charge in [0.2, 0.25) is 5.91 Å². The molecule has 1 fully saturated rings. The number of hydrogen-bond acceptors (Lipinski definition) is 3. The summed E-state index contributed by atoms with van der Waals surface area (Å²) in [5, 5.41) is 3.37. The number of rotatable bonds is 4. The highest BCUT2D eigenvalue weighted by Crippen LogP contribution is 2.23. The highest BCUT2D eigenvalue weighted by atomic mass is 16.2. The zero-order valence-corrected chi connectivity index (χ0v) is 12.1. The van der Waals surface area contributed by atoms with E-state index in [1.807, 2.05) is 7.05 Å². The van der Waals surface area contributed by atoms with Crippen LogP contribution in [0.15, 0.2) is 18.2 Å². The van der Waals surface area contributed by atoms with Crippen LogP contribution in [0.3, 0.4) is 0 Å². The van der Waals surface area contributed by atoms with E-state index in [-0.39, 0.29) is 5.91 Å². The largest absolute Gasteiger partial charge is 0.360 e. The Morgan fingerprint density at radius 3 is 2.79 bits per heavy atom. The second-order valence-electron chi connectivity index (χ2n) is 5.15. The van der Waals surface area contributed by atoms with Crippen molar-refractivity contribution >= 4 is 11.6 Å². The van der Waals surface area contributed by atoms with Crippen LogP contribution in [0.1, 0.15) is 18.1 Å². The van der Waals surface area contributed by atoms with Gasteiger partial charge in [-0.05, 0) is 25.1 Å². The monoisotopic (exact) mass is 261 g/mol. The highest BCUT2D eigenvalue weighted by Gasteiger charge is 2.22. The van der Waals surface area contributed by atoms with Gasteiger partial charge in [0.15, 0.2) is 0 Å². The lowest BCUT2D eigenvalue weighted by Crippen LogP contribution is -2.48. The Balaban J connectivity index is 2.20. The highest BCUT2D eigenvalue weighted by molar-refractivity contribution is 5.83. The first-order chi connectivity index (χ1) is 9.11. The van der Waals surface area contributed by atoms with E-state index in [9.17, 15) is 4.79 Å². The van der Waals surface area contributed by atoms with Crippen LogP contribution < -0.4 is 10.2 Å². The second-order valence-corrected chi connectivity index (χ2v) is 5.15. The molecule has 4 heteroatoms. The molecular formula is C15H23N3O. The van der Waals surface area contributed by atoms with Gasteiger partial charge in [0.1, 0.15) is 0 Å².